The number of carbonyl (C=O) groups excluding carboxylic acids is 1. The van der Waals surface area contributed by atoms with E-state index in [0.717, 1.165) is 12.1 Å². The van der Waals surface area contributed by atoms with Crippen LogP contribution in [0.4, 0.5) is 17.6 Å². The molecule has 4 rings (SSSR count). The van der Waals surface area contributed by atoms with Crippen molar-refractivity contribution >= 4 is 29.2 Å². The van der Waals surface area contributed by atoms with Crippen LogP contribution < -0.4 is 10.6 Å². The molecule has 2 aromatic heterocycles. The van der Waals surface area contributed by atoms with Crippen LogP contribution >= 0.6 is 12.4 Å². The van der Waals surface area contributed by atoms with Gasteiger partial charge in [0.25, 0.3) is 5.91 Å². The van der Waals surface area contributed by atoms with E-state index < -0.39 is 35.7 Å². The number of aromatic nitrogens is 2. The number of hydrogen-bond donors (Lipinski definition) is 2. The molecule has 2 atom stereocenters. The first kappa shape index (κ1) is 22.0. The molecule has 0 saturated carbocycles. The maximum Gasteiger partial charge on any atom is 0.253 e. The highest BCUT2D eigenvalue weighted by atomic mass is 35.5. The number of hydrogen-bond acceptors (Lipinski definition) is 3. The third-order valence-corrected chi connectivity index (χ3v) is 5.03. The van der Waals surface area contributed by atoms with Gasteiger partial charge in [0.2, 0.25) is 5.95 Å². The van der Waals surface area contributed by atoms with E-state index in [0.29, 0.717) is 18.5 Å². The van der Waals surface area contributed by atoms with Crippen LogP contribution in [0.2, 0.25) is 0 Å². The number of piperidine rings is 1. The van der Waals surface area contributed by atoms with Crippen LogP contribution in [0, 0.1) is 17.6 Å². The highest BCUT2D eigenvalue weighted by molar-refractivity contribution is 6.07. The molecule has 1 aliphatic rings. The summed E-state index contributed by atoms with van der Waals surface area (Å²) in [5.41, 5.74) is 0.249. The number of fused-ring (bicyclic) bond motifs is 1. The average molecular weight is 443 g/mol. The molecule has 0 bridgehead atoms. The third kappa shape index (κ3) is 4.27. The summed E-state index contributed by atoms with van der Waals surface area (Å²) >= 11 is 0. The lowest BCUT2D eigenvalue weighted by Gasteiger charge is -2.27. The van der Waals surface area contributed by atoms with Gasteiger partial charge in [-0.05, 0) is 42.8 Å². The second kappa shape index (κ2) is 9.01. The van der Waals surface area contributed by atoms with Crippen molar-refractivity contribution in [3.63, 3.8) is 0 Å². The molecule has 10 heteroatoms. The van der Waals surface area contributed by atoms with Crippen molar-refractivity contribution < 1.29 is 22.4 Å². The van der Waals surface area contributed by atoms with Crippen LogP contribution in [0.5, 0.6) is 0 Å². The molecule has 30 heavy (non-hydrogen) atoms. The van der Waals surface area contributed by atoms with Gasteiger partial charge in [-0.2, -0.15) is 4.39 Å². The van der Waals surface area contributed by atoms with Crippen LogP contribution in [0.25, 0.3) is 10.9 Å². The summed E-state index contributed by atoms with van der Waals surface area (Å²) in [7, 11) is 0. The van der Waals surface area contributed by atoms with Crippen molar-refractivity contribution in [2.75, 3.05) is 13.1 Å². The number of rotatable bonds is 4. The molecular weight excluding hydrogens is 424 g/mol. The van der Waals surface area contributed by atoms with Gasteiger partial charge >= 0.3 is 0 Å². The van der Waals surface area contributed by atoms with E-state index in [1.165, 1.54) is 29.1 Å². The Hall–Kier alpha value is -2.65. The van der Waals surface area contributed by atoms with Crippen molar-refractivity contribution in [3.8, 4) is 0 Å². The Labute approximate surface area is 175 Å². The van der Waals surface area contributed by atoms with Gasteiger partial charge in [0.05, 0.1) is 22.5 Å². The van der Waals surface area contributed by atoms with Gasteiger partial charge in [0, 0.05) is 25.5 Å². The van der Waals surface area contributed by atoms with Crippen LogP contribution in [-0.4, -0.2) is 40.8 Å². The maximum atomic E-state index is 14.5. The minimum Gasteiger partial charge on any atom is -0.346 e. The average Bonchev–Trinajstić information content (AvgIpc) is 3.07. The number of nitrogens with one attached hydrogen (secondary N) is 2. The Kier molecular flexibility index (Phi) is 6.62. The van der Waals surface area contributed by atoms with E-state index in [-0.39, 0.29) is 42.0 Å². The van der Waals surface area contributed by atoms with Gasteiger partial charge in [0.1, 0.15) is 17.8 Å². The van der Waals surface area contributed by atoms with Crippen LogP contribution in [0.3, 0.4) is 0 Å². The number of alkyl halides is 1. The van der Waals surface area contributed by atoms with Gasteiger partial charge in [-0.25, -0.2) is 18.2 Å². The first-order chi connectivity index (χ1) is 13.9. The van der Waals surface area contributed by atoms with Crippen LogP contribution in [0.15, 0.2) is 36.7 Å². The molecule has 1 fully saturated rings. The molecule has 1 aromatic carbocycles. The second-order valence-corrected chi connectivity index (χ2v) is 7.00. The lowest BCUT2D eigenvalue weighted by atomic mass is 10.0. The van der Waals surface area contributed by atoms with Crippen LogP contribution in [0.1, 0.15) is 22.3 Å². The molecule has 3 heterocycles. The topological polar surface area (TPSA) is 59.0 Å². The Balaban J connectivity index is 0.00000256. The molecule has 0 aliphatic carbocycles. The third-order valence-electron chi connectivity index (χ3n) is 5.03. The number of benzene rings is 1. The fourth-order valence-electron chi connectivity index (χ4n) is 3.63. The maximum absolute atomic E-state index is 14.5. The molecule has 0 spiro atoms. The summed E-state index contributed by atoms with van der Waals surface area (Å²) in [6.07, 6.45) is 1.68. The van der Waals surface area contributed by atoms with Gasteiger partial charge in [-0.3, -0.25) is 4.79 Å². The zero-order valence-corrected chi connectivity index (χ0v) is 16.5. The molecule has 160 valence electrons. The minimum absolute atomic E-state index is 0. The van der Waals surface area contributed by atoms with E-state index in [4.69, 9.17) is 0 Å². The second-order valence-electron chi connectivity index (χ2n) is 7.00. The molecule has 2 N–H and O–H groups in total. The summed E-state index contributed by atoms with van der Waals surface area (Å²) in [5, 5.41) is 5.27. The lowest BCUT2D eigenvalue weighted by Crippen LogP contribution is -2.50. The first-order valence-electron chi connectivity index (χ1n) is 9.17. The number of halogens is 5. The van der Waals surface area contributed by atoms with Crippen molar-refractivity contribution in [1.29, 1.82) is 0 Å². The van der Waals surface area contributed by atoms with E-state index in [9.17, 15) is 22.4 Å². The van der Waals surface area contributed by atoms with Gasteiger partial charge in [-0.1, -0.05) is 0 Å². The predicted octanol–water partition coefficient (Wildman–Crippen LogP) is 3.35. The molecule has 1 aliphatic heterocycles. The highest BCUT2D eigenvalue weighted by Crippen LogP contribution is 2.28. The monoisotopic (exact) mass is 442 g/mol. The van der Waals surface area contributed by atoms with E-state index in [1.54, 1.807) is 0 Å². The Bertz CT molecular complexity index is 1070. The van der Waals surface area contributed by atoms with E-state index in [2.05, 4.69) is 15.6 Å². The molecule has 3 aromatic rings. The molecule has 0 unspecified atom stereocenters. The predicted molar refractivity (Wildman–Crippen MR) is 106 cm³/mol. The van der Waals surface area contributed by atoms with Crippen molar-refractivity contribution in [2.24, 2.45) is 0 Å². The quantitative estimate of drug-likeness (QED) is 0.481. The number of pyridine rings is 1. The zero-order valence-electron chi connectivity index (χ0n) is 15.7. The fraction of sp³-hybridized carbons (Fsp3) is 0.300. The largest absolute Gasteiger partial charge is 0.346 e. The fourth-order valence-corrected chi connectivity index (χ4v) is 3.63. The van der Waals surface area contributed by atoms with E-state index in [1.807, 2.05) is 0 Å². The standard InChI is InChI=1S/C20H18F4N4O.ClH/c21-13-1-2-14(22)19-18(13)12(20(29)27-16-4-5-25-8-15(16)23)10-28(19)9-11-3-6-26-17(24)7-11;/h1-3,6-7,10,15-16,25H,4-5,8-9H2,(H,27,29);1H/t15-,16-;/m1./s1. The molecule has 0 radical (unpaired) electrons. The summed E-state index contributed by atoms with van der Waals surface area (Å²) in [5.74, 6) is -2.88. The lowest BCUT2D eigenvalue weighted by molar-refractivity contribution is 0.0893. The Morgan fingerprint density at radius 2 is 2.00 bits per heavy atom. The van der Waals surface area contributed by atoms with Crippen molar-refractivity contribution in [1.82, 2.24) is 20.2 Å². The summed E-state index contributed by atoms with van der Waals surface area (Å²) in [6, 6.07) is 3.90. The summed E-state index contributed by atoms with van der Waals surface area (Å²) in [4.78, 5) is 16.3. The van der Waals surface area contributed by atoms with Gasteiger partial charge in [0.15, 0.2) is 0 Å². The SMILES string of the molecule is Cl.O=C(N[C@@H]1CCNC[C@H]1F)c1cn(Cc2ccnc(F)c2)c2c(F)ccc(F)c12. The molecule has 1 amide bonds. The van der Waals surface area contributed by atoms with Crippen molar-refractivity contribution in [3.05, 3.63) is 65.4 Å². The number of amides is 1. The number of nitrogens with zero attached hydrogens (tertiary/aromatic N) is 2. The normalized spacial score (nSPS) is 18.8. The first-order valence-corrected chi connectivity index (χ1v) is 9.17. The van der Waals surface area contributed by atoms with Gasteiger partial charge < -0.3 is 15.2 Å². The van der Waals surface area contributed by atoms with Gasteiger partial charge in [-0.15, -0.1) is 12.4 Å². The molecule has 1 saturated heterocycles. The van der Waals surface area contributed by atoms with Crippen LogP contribution in [-0.2, 0) is 6.54 Å². The highest BCUT2D eigenvalue weighted by Gasteiger charge is 2.28. The molecule has 5 nitrogen and oxygen atoms in total. The zero-order chi connectivity index (χ0) is 20.5. The molecular formula is C20H19ClF4N4O. The summed E-state index contributed by atoms with van der Waals surface area (Å²) < 4.78 is 57.9. The Morgan fingerprint density at radius 3 is 2.73 bits per heavy atom. The smallest absolute Gasteiger partial charge is 0.253 e. The summed E-state index contributed by atoms with van der Waals surface area (Å²) in [6.45, 7) is 0.662. The van der Waals surface area contributed by atoms with E-state index >= 15 is 0 Å². The van der Waals surface area contributed by atoms with Crippen molar-refractivity contribution in [2.45, 2.75) is 25.2 Å². The Morgan fingerprint density at radius 1 is 1.23 bits per heavy atom. The number of carbonyl (C=O) groups is 1. The minimum atomic E-state index is -1.28.